The largest absolute Gasteiger partial charge is 0.481 e. The number of aliphatic hydroxyl groups excluding tert-OH is 1. The highest BCUT2D eigenvalue weighted by Gasteiger charge is 2.50. The van der Waals surface area contributed by atoms with Gasteiger partial charge in [0.1, 0.15) is 11.1 Å². The third-order valence-electron chi connectivity index (χ3n) is 4.59. The molecule has 126 valence electrons. The fraction of sp³-hybridized carbons (Fsp3) is 0.353. The SMILES string of the molecule is O=C(c1ccn[nH]1)N1CC[C@@H](O)[C@](Cc2ccccc2)(C(=O)O)C1. The standard InChI is InChI=1S/C17H19N3O4/c21-14-7-9-20(15(22)13-6-8-18-19-13)11-17(14,16(23)24)10-12-4-2-1-3-5-12/h1-6,8,14,21H,7,9-11H2,(H,18,19)(H,23,24)/t14-,17-/m1/s1. The number of carboxylic acids is 1. The molecule has 24 heavy (non-hydrogen) atoms. The summed E-state index contributed by atoms with van der Waals surface area (Å²) in [4.78, 5) is 26.0. The Bertz CT molecular complexity index is 717. The lowest BCUT2D eigenvalue weighted by atomic mass is 9.72. The van der Waals surface area contributed by atoms with Crippen molar-refractivity contribution in [3.8, 4) is 0 Å². The number of carboxylic acid groups (broad SMARTS) is 1. The van der Waals surface area contributed by atoms with Crippen molar-refractivity contribution in [2.75, 3.05) is 13.1 Å². The molecule has 0 radical (unpaired) electrons. The average molecular weight is 329 g/mol. The first-order valence-electron chi connectivity index (χ1n) is 7.77. The first-order chi connectivity index (χ1) is 11.5. The molecule has 1 fully saturated rings. The quantitative estimate of drug-likeness (QED) is 0.774. The zero-order valence-corrected chi connectivity index (χ0v) is 13.1. The minimum absolute atomic E-state index is 0.0454. The van der Waals surface area contributed by atoms with Crippen molar-refractivity contribution in [1.29, 1.82) is 0 Å². The Kier molecular flexibility index (Phi) is 4.35. The number of amides is 1. The molecule has 2 heterocycles. The van der Waals surface area contributed by atoms with Gasteiger partial charge < -0.3 is 15.1 Å². The van der Waals surface area contributed by atoms with Gasteiger partial charge in [0.05, 0.1) is 6.10 Å². The van der Waals surface area contributed by atoms with E-state index in [-0.39, 0.29) is 25.3 Å². The van der Waals surface area contributed by atoms with Crippen LogP contribution in [0.1, 0.15) is 22.5 Å². The van der Waals surface area contributed by atoms with E-state index in [4.69, 9.17) is 0 Å². The average Bonchev–Trinajstić information content (AvgIpc) is 3.11. The van der Waals surface area contributed by atoms with Gasteiger partial charge in [-0.3, -0.25) is 14.7 Å². The molecule has 2 atom stereocenters. The molecule has 0 spiro atoms. The van der Waals surface area contributed by atoms with Gasteiger partial charge >= 0.3 is 5.97 Å². The van der Waals surface area contributed by atoms with E-state index in [2.05, 4.69) is 10.2 Å². The minimum Gasteiger partial charge on any atom is -0.481 e. The summed E-state index contributed by atoms with van der Waals surface area (Å²) in [5.41, 5.74) is -0.296. The summed E-state index contributed by atoms with van der Waals surface area (Å²) >= 11 is 0. The van der Waals surface area contributed by atoms with Crippen molar-refractivity contribution in [2.24, 2.45) is 5.41 Å². The van der Waals surface area contributed by atoms with Crippen LogP contribution in [0.3, 0.4) is 0 Å². The maximum Gasteiger partial charge on any atom is 0.314 e. The fourth-order valence-electron chi connectivity index (χ4n) is 3.22. The van der Waals surface area contributed by atoms with Gasteiger partial charge in [-0.1, -0.05) is 30.3 Å². The van der Waals surface area contributed by atoms with Crippen molar-refractivity contribution in [3.63, 3.8) is 0 Å². The molecule has 7 nitrogen and oxygen atoms in total. The number of carbonyl (C=O) groups is 2. The smallest absolute Gasteiger partial charge is 0.314 e. The first kappa shape index (κ1) is 16.2. The van der Waals surface area contributed by atoms with Crippen LogP contribution in [0.2, 0.25) is 0 Å². The second kappa shape index (κ2) is 6.45. The number of hydrogen-bond acceptors (Lipinski definition) is 4. The highest BCUT2D eigenvalue weighted by Crippen LogP contribution is 2.35. The maximum absolute atomic E-state index is 12.5. The molecule has 0 unspecified atom stereocenters. The molecule has 3 rings (SSSR count). The number of benzene rings is 1. The number of rotatable bonds is 4. The number of carbonyl (C=O) groups excluding carboxylic acids is 1. The Labute approximate surface area is 138 Å². The lowest BCUT2D eigenvalue weighted by Gasteiger charge is -2.43. The van der Waals surface area contributed by atoms with Crippen molar-refractivity contribution in [2.45, 2.75) is 18.9 Å². The van der Waals surface area contributed by atoms with E-state index >= 15 is 0 Å². The van der Waals surface area contributed by atoms with E-state index in [9.17, 15) is 19.8 Å². The topological polar surface area (TPSA) is 107 Å². The van der Waals surface area contributed by atoms with Crippen LogP contribution in [0.25, 0.3) is 0 Å². The Morgan fingerprint density at radius 3 is 2.67 bits per heavy atom. The van der Waals surface area contributed by atoms with Gasteiger partial charge in [-0.15, -0.1) is 0 Å². The number of hydrogen-bond donors (Lipinski definition) is 3. The van der Waals surface area contributed by atoms with Gasteiger partial charge in [-0.2, -0.15) is 5.10 Å². The molecule has 2 aromatic rings. The number of likely N-dealkylation sites (tertiary alicyclic amines) is 1. The van der Waals surface area contributed by atoms with Gasteiger partial charge in [0, 0.05) is 19.3 Å². The van der Waals surface area contributed by atoms with Crippen LogP contribution in [0, 0.1) is 5.41 Å². The summed E-state index contributed by atoms with van der Waals surface area (Å²) in [6, 6.07) is 10.7. The molecule has 1 saturated heterocycles. The number of aliphatic hydroxyl groups is 1. The van der Waals surface area contributed by atoms with Crippen molar-refractivity contribution in [3.05, 3.63) is 53.9 Å². The number of nitrogens with zero attached hydrogens (tertiary/aromatic N) is 2. The first-order valence-corrected chi connectivity index (χ1v) is 7.77. The molecule has 1 aromatic carbocycles. The Balaban J connectivity index is 1.88. The molecule has 1 aromatic heterocycles. The van der Waals surface area contributed by atoms with Crippen molar-refractivity contribution < 1.29 is 19.8 Å². The molecule has 1 amide bonds. The zero-order chi connectivity index (χ0) is 17.2. The molecule has 1 aliphatic rings. The van der Waals surface area contributed by atoms with Gasteiger partial charge in [-0.05, 0) is 24.5 Å². The second-order valence-electron chi connectivity index (χ2n) is 6.13. The van der Waals surface area contributed by atoms with Crippen molar-refractivity contribution >= 4 is 11.9 Å². The van der Waals surface area contributed by atoms with E-state index < -0.39 is 17.5 Å². The van der Waals surface area contributed by atoms with Crippen LogP contribution in [-0.2, 0) is 11.2 Å². The van der Waals surface area contributed by atoms with Crippen LogP contribution < -0.4 is 0 Å². The number of aromatic amines is 1. The summed E-state index contributed by atoms with van der Waals surface area (Å²) in [6.45, 7) is 0.263. The van der Waals surface area contributed by atoms with Gasteiger partial charge in [0.15, 0.2) is 0 Å². The maximum atomic E-state index is 12.5. The zero-order valence-electron chi connectivity index (χ0n) is 13.1. The molecule has 0 saturated carbocycles. The third-order valence-corrected chi connectivity index (χ3v) is 4.59. The monoisotopic (exact) mass is 329 g/mol. The number of aromatic nitrogens is 2. The molecule has 0 bridgehead atoms. The second-order valence-corrected chi connectivity index (χ2v) is 6.13. The molecular weight excluding hydrogens is 310 g/mol. The highest BCUT2D eigenvalue weighted by molar-refractivity contribution is 5.93. The molecule has 0 aliphatic carbocycles. The fourth-order valence-corrected chi connectivity index (χ4v) is 3.22. The van der Waals surface area contributed by atoms with Gasteiger partial charge in [0.2, 0.25) is 0 Å². The third kappa shape index (κ3) is 2.90. The van der Waals surface area contributed by atoms with Crippen LogP contribution in [0.5, 0.6) is 0 Å². The van der Waals surface area contributed by atoms with Crippen molar-refractivity contribution in [1.82, 2.24) is 15.1 Å². The Morgan fingerprint density at radius 1 is 1.29 bits per heavy atom. The predicted molar refractivity (Wildman–Crippen MR) is 85.3 cm³/mol. The highest BCUT2D eigenvalue weighted by atomic mass is 16.4. The molecular formula is C17H19N3O4. The van der Waals surface area contributed by atoms with Gasteiger partial charge in [-0.25, -0.2) is 0 Å². The van der Waals surface area contributed by atoms with E-state index in [0.717, 1.165) is 5.56 Å². The number of aliphatic carboxylic acids is 1. The number of piperidine rings is 1. The lowest BCUT2D eigenvalue weighted by Crippen LogP contribution is -2.58. The molecule has 7 heteroatoms. The Hall–Kier alpha value is -2.67. The number of H-pyrrole nitrogens is 1. The minimum atomic E-state index is -1.42. The van der Waals surface area contributed by atoms with Crippen LogP contribution in [-0.4, -0.2) is 56.4 Å². The van der Waals surface area contributed by atoms with Crippen LogP contribution in [0.4, 0.5) is 0 Å². The lowest BCUT2D eigenvalue weighted by molar-refractivity contribution is -0.161. The molecule has 1 aliphatic heterocycles. The number of nitrogens with one attached hydrogen (secondary N) is 1. The normalized spacial score (nSPS) is 23.9. The van der Waals surface area contributed by atoms with E-state index in [0.29, 0.717) is 12.2 Å². The summed E-state index contributed by atoms with van der Waals surface area (Å²) in [7, 11) is 0. The van der Waals surface area contributed by atoms with E-state index in [1.54, 1.807) is 6.07 Å². The van der Waals surface area contributed by atoms with E-state index in [1.807, 2.05) is 30.3 Å². The van der Waals surface area contributed by atoms with E-state index in [1.165, 1.54) is 11.1 Å². The van der Waals surface area contributed by atoms with Crippen LogP contribution in [0.15, 0.2) is 42.6 Å². The molecule has 3 N–H and O–H groups in total. The Morgan fingerprint density at radius 2 is 2.04 bits per heavy atom. The summed E-state index contributed by atoms with van der Waals surface area (Å²) in [5.74, 6) is -1.40. The summed E-state index contributed by atoms with van der Waals surface area (Å²) in [5, 5.41) is 26.6. The van der Waals surface area contributed by atoms with Gasteiger partial charge in [0.25, 0.3) is 5.91 Å². The summed E-state index contributed by atoms with van der Waals surface area (Å²) < 4.78 is 0. The summed E-state index contributed by atoms with van der Waals surface area (Å²) in [6.07, 6.45) is 0.845. The van der Waals surface area contributed by atoms with Crippen LogP contribution >= 0.6 is 0 Å². The predicted octanol–water partition coefficient (Wildman–Crippen LogP) is 0.930.